The lowest BCUT2D eigenvalue weighted by atomic mass is 10.0. The average molecular weight is 391 g/mol. The summed E-state index contributed by atoms with van der Waals surface area (Å²) >= 11 is 15.0. The van der Waals surface area contributed by atoms with E-state index in [9.17, 15) is 0 Å². The van der Waals surface area contributed by atoms with Gasteiger partial charge in [0, 0.05) is 29.6 Å². The Bertz CT molecular complexity index is 502. The fourth-order valence-corrected chi connectivity index (χ4v) is 3.49. The van der Waals surface area contributed by atoms with Gasteiger partial charge in [0.05, 0.1) is 10.7 Å². The van der Waals surface area contributed by atoms with Gasteiger partial charge in [-0.25, -0.2) is 0 Å². The second-order valence-electron chi connectivity index (χ2n) is 5.63. The molecule has 1 saturated heterocycles. The smallest absolute Gasteiger partial charge is 0.171 e. The molecule has 6 heteroatoms. The Morgan fingerprint density at radius 3 is 2.62 bits per heavy atom. The monoisotopic (exact) mass is 389 g/mol. The van der Waals surface area contributed by atoms with E-state index in [-0.39, 0.29) is 0 Å². The minimum atomic E-state index is 0.439. The Morgan fingerprint density at radius 2 is 2.05 bits per heavy atom. The van der Waals surface area contributed by atoms with Crippen LogP contribution in [0.3, 0.4) is 0 Å². The number of hydrogen-bond donors (Lipinski definition) is 2. The number of likely N-dealkylation sites (tertiary alicyclic amines) is 1. The van der Waals surface area contributed by atoms with E-state index < -0.39 is 0 Å². The fourth-order valence-electron chi connectivity index (χ4n) is 2.49. The Morgan fingerprint density at radius 1 is 1.38 bits per heavy atom. The Kier molecular flexibility index (Phi) is 6.29. The predicted molar refractivity (Wildman–Crippen MR) is 98.2 cm³/mol. The standard InChI is InChI=1S/C15H21BrClN3S/c1-10(2)20-7-5-12(6-8-20)18-15(21)19-14-4-3-11(16)9-13(14)17/h3-4,9-10,12H,5-8H2,1-2H3,(H2,18,19,21). The van der Waals surface area contributed by atoms with Gasteiger partial charge < -0.3 is 15.5 Å². The molecule has 2 rings (SSSR count). The zero-order valence-electron chi connectivity index (χ0n) is 12.3. The topological polar surface area (TPSA) is 27.3 Å². The first-order valence-corrected chi connectivity index (χ1v) is 8.80. The second kappa shape index (κ2) is 7.77. The summed E-state index contributed by atoms with van der Waals surface area (Å²) in [5, 5.41) is 7.86. The summed E-state index contributed by atoms with van der Waals surface area (Å²) in [6.07, 6.45) is 2.24. The van der Waals surface area contributed by atoms with Gasteiger partial charge in [0.25, 0.3) is 0 Å². The van der Waals surface area contributed by atoms with Crippen LogP contribution in [0.4, 0.5) is 5.69 Å². The number of hydrogen-bond acceptors (Lipinski definition) is 2. The van der Waals surface area contributed by atoms with Crippen molar-refractivity contribution in [3.63, 3.8) is 0 Å². The zero-order chi connectivity index (χ0) is 15.4. The van der Waals surface area contributed by atoms with Crippen molar-refractivity contribution in [2.24, 2.45) is 0 Å². The van der Waals surface area contributed by atoms with E-state index in [2.05, 4.69) is 45.3 Å². The summed E-state index contributed by atoms with van der Waals surface area (Å²) in [7, 11) is 0. The van der Waals surface area contributed by atoms with Gasteiger partial charge in [0.1, 0.15) is 0 Å². The summed E-state index contributed by atoms with van der Waals surface area (Å²) in [5.41, 5.74) is 0.831. The van der Waals surface area contributed by atoms with Crippen LogP contribution < -0.4 is 10.6 Å². The molecule has 0 amide bonds. The predicted octanol–water partition coefficient (Wildman–Crippen LogP) is 4.26. The summed E-state index contributed by atoms with van der Waals surface area (Å²) in [6.45, 7) is 6.74. The molecule has 1 aromatic rings. The van der Waals surface area contributed by atoms with Crippen molar-refractivity contribution in [1.82, 2.24) is 10.2 Å². The molecule has 0 atom stereocenters. The van der Waals surface area contributed by atoms with E-state index in [4.69, 9.17) is 23.8 Å². The van der Waals surface area contributed by atoms with Gasteiger partial charge in [-0.3, -0.25) is 0 Å². The van der Waals surface area contributed by atoms with E-state index in [1.54, 1.807) is 0 Å². The molecule has 0 radical (unpaired) electrons. The molecule has 1 aromatic carbocycles. The molecule has 1 fully saturated rings. The molecule has 0 aromatic heterocycles. The summed E-state index contributed by atoms with van der Waals surface area (Å²) < 4.78 is 0.956. The molecule has 116 valence electrons. The third-order valence-electron chi connectivity index (χ3n) is 3.77. The molecule has 1 aliphatic rings. The molecule has 0 spiro atoms. The van der Waals surface area contributed by atoms with Crippen LogP contribution >= 0.6 is 39.7 Å². The first-order chi connectivity index (χ1) is 9.95. The van der Waals surface area contributed by atoms with E-state index in [0.29, 0.717) is 22.2 Å². The molecule has 0 unspecified atom stereocenters. The SMILES string of the molecule is CC(C)N1CCC(NC(=S)Nc2ccc(Br)cc2Cl)CC1. The van der Waals surface area contributed by atoms with Gasteiger partial charge >= 0.3 is 0 Å². The fraction of sp³-hybridized carbons (Fsp3) is 0.533. The van der Waals surface area contributed by atoms with E-state index in [1.807, 2.05) is 18.2 Å². The quantitative estimate of drug-likeness (QED) is 0.754. The highest BCUT2D eigenvalue weighted by atomic mass is 79.9. The molecule has 1 heterocycles. The van der Waals surface area contributed by atoms with Crippen LogP contribution in [0.1, 0.15) is 26.7 Å². The lowest BCUT2D eigenvalue weighted by Gasteiger charge is -2.35. The number of benzene rings is 1. The van der Waals surface area contributed by atoms with Gasteiger partial charge in [-0.05, 0) is 57.1 Å². The first kappa shape index (κ1) is 17.0. The molecule has 2 N–H and O–H groups in total. The van der Waals surface area contributed by atoms with E-state index in [1.165, 1.54) is 0 Å². The number of nitrogens with one attached hydrogen (secondary N) is 2. The summed E-state index contributed by atoms with van der Waals surface area (Å²) in [5.74, 6) is 0. The maximum atomic E-state index is 6.18. The minimum absolute atomic E-state index is 0.439. The first-order valence-electron chi connectivity index (χ1n) is 7.22. The molecule has 3 nitrogen and oxygen atoms in total. The van der Waals surface area contributed by atoms with Crippen LogP contribution in [0.15, 0.2) is 22.7 Å². The van der Waals surface area contributed by atoms with Crippen molar-refractivity contribution in [1.29, 1.82) is 0 Å². The van der Waals surface area contributed by atoms with Gasteiger partial charge in [-0.1, -0.05) is 27.5 Å². The Balaban J connectivity index is 1.83. The van der Waals surface area contributed by atoms with Crippen LogP contribution in [0.2, 0.25) is 5.02 Å². The van der Waals surface area contributed by atoms with Crippen molar-refractivity contribution in [2.45, 2.75) is 38.8 Å². The molecule has 0 saturated carbocycles. The van der Waals surface area contributed by atoms with E-state index >= 15 is 0 Å². The summed E-state index contributed by atoms with van der Waals surface area (Å²) in [6, 6.07) is 6.78. The lowest BCUT2D eigenvalue weighted by molar-refractivity contribution is 0.168. The zero-order valence-corrected chi connectivity index (χ0v) is 15.5. The van der Waals surface area contributed by atoms with Crippen LogP contribution in [0, 0.1) is 0 Å². The molecule has 0 aliphatic carbocycles. The average Bonchev–Trinajstić information content (AvgIpc) is 2.42. The number of nitrogens with zero attached hydrogens (tertiary/aromatic N) is 1. The van der Waals surface area contributed by atoms with Crippen LogP contribution in [-0.2, 0) is 0 Å². The van der Waals surface area contributed by atoms with Crippen molar-refractivity contribution >= 4 is 50.5 Å². The van der Waals surface area contributed by atoms with Crippen molar-refractivity contribution in [2.75, 3.05) is 18.4 Å². The van der Waals surface area contributed by atoms with Gasteiger partial charge in [0.2, 0.25) is 0 Å². The largest absolute Gasteiger partial charge is 0.360 e. The number of rotatable bonds is 3. The second-order valence-corrected chi connectivity index (χ2v) is 7.36. The highest BCUT2D eigenvalue weighted by Crippen LogP contribution is 2.25. The molecule has 0 bridgehead atoms. The van der Waals surface area contributed by atoms with Crippen molar-refractivity contribution in [3.8, 4) is 0 Å². The van der Waals surface area contributed by atoms with Crippen LogP contribution in [0.25, 0.3) is 0 Å². The van der Waals surface area contributed by atoms with Crippen LogP contribution in [0.5, 0.6) is 0 Å². The minimum Gasteiger partial charge on any atom is -0.360 e. The van der Waals surface area contributed by atoms with Gasteiger partial charge in [0.15, 0.2) is 5.11 Å². The molecule has 1 aliphatic heterocycles. The van der Waals surface area contributed by atoms with Crippen molar-refractivity contribution < 1.29 is 0 Å². The van der Waals surface area contributed by atoms with Crippen molar-refractivity contribution in [3.05, 3.63) is 27.7 Å². The summed E-state index contributed by atoms with van der Waals surface area (Å²) in [4.78, 5) is 2.50. The van der Waals surface area contributed by atoms with Crippen LogP contribution in [-0.4, -0.2) is 35.2 Å². The molecule has 21 heavy (non-hydrogen) atoms. The number of halogens is 2. The molecular formula is C15H21BrClN3S. The Labute approximate surface area is 145 Å². The normalized spacial score (nSPS) is 17.0. The van der Waals surface area contributed by atoms with Gasteiger partial charge in [-0.2, -0.15) is 0 Å². The number of piperidine rings is 1. The maximum Gasteiger partial charge on any atom is 0.171 e. The highest BCUT2D eigenvalue weighted by molar-refractivity contribution is 9.10. The third-order valence-corrected chi connectivity index (χ3v) is 4.80. The number of thiocarbonyl (C=S) groups is 1. The third kappa shape index (κ3) is 5.09. The maximum absolute atomic E-state index is 6.18. The Hall–Kier alpha value is -0.360. The molecular weight excluding hydrogens is 370 g/mol. The van der Waals surface area contributed by atoms with E-state index in [0.717, 1.165) is 36.1 Å². The number of anilines is 1. The van der Waals surface area contributed by atoms with Gasteiger partial charge in [-0.15, -0.1) is 0 Å². The highest BCUT2D eigenvalue weighted by Gasteiger charge is 2.21. The lowest BCUT2D eigenvalue weighted by Crippen LogP contribution is -2.47.